The zero-order chi connectivity index (χ0) is 18.8. The molecular formula is C19H17N5O2S. The molecule has 3 N–H and O–H groups in total. The highest BCUT2D eigenvalue weighted by Gasteiger charge is 2.20. The van der Waals surface area contributed by atoms with Crippen molar-refractivity contribution in [1.82, 2.24) is 20.5 Å². The van der Waals surface area contributed by atoms with Crippen LogP contribution in [-0.4, -0.2) is 33.5 Å². The van der Waals surface area contributed by atoms with E-state index in [1.54, 1.807) is 18.2 Å². The maximum absolute atomic E-state index is 12.4. The number of amides is 2. The van der Waals surface area contributed by atoms with Crippen LogP contribution in [0.1, 0.15) is 32.4 Å². The molecule has 3 aromatic rings. The SMILES string of the molecule is Cc1nnc(CCNC(=O)c2ccc3c(c2)NC(=O)c2ccccc2S3)[nH]1. The van der Waals surface area contributed by atoms with Crippen LogP contribution in [0.4, 0.5) is 5.69 Å². The molecule has 8 heteroatoms. The molecule has 0 saturated carbocycles. The van der Waals surface area contributed by atoms with Gasteiger partial charge in [0.2, 0.25) is 0 Å². The van der Waals surface area contributed by atoms with Crippen molar-refractivity contribution in [2.24, 2.45) is 0 Å². The lowest BCUT2D eigenvalue weighted by Gasteiger charge is -2.09. The molecule has 1 aliphatic rings. The summed E-state index contributed by atoms with van der Waals surface area (Å²) in [7, 11) is 0. The third-order valence-electron chi connectivity index (χ3n) is 4.13. The Morgan fingerprint density at radius 3 is 2.81 bits per heavy atom. The molecule has 2 aromatic carbocycles. The van der Waals surface area contributed by atoms with Crippen molar-refractivity contribution in [1.29, 1.82) is 0 Å². The predicted molar refractivity (Wildman–Crippen MR) is 102 cm³/mol. The van der Waals surface area contributed by atoms with E-state index in [4.69, 9.17) is 0 Å². The average Bonchev–Trinajstić information content (AvgIpc) is 3.02. The summed E-state index contributed by atoms with van der Waals surface area (Å²) in [6, 6.07) is 12.8. The fraction of sp³-hybridized carbons (Fsp3) is 0.158. The third kappa shape index (κ3) is 3.70. The largest absolute Gasteiger partial charge is 0.352 e. The molecular weight excluding hydrogens is 362 g/mol. The van der Waals surface area contributed by atoms with Crippen LogP contribution >= 0.6 is 11.8 Å². The Labute approximate surface area is 160 Å². The minimum Gasteiger partial charge on any atom is -0.352 e. The van der Waals surface area contributed by atoms with Crippen LogP contribution in [0, 0.1) is 6.92 Å². The number of aromatic amines is 1. The van der Waals surface area contributed by atoms with Gasteiger partial charge in [-0.25, -0.2) is 0 Å². The second-order valence-corrected chi connectivity index (χ2v) is 7.21. The number of aromatic nitrogens is 3. The van der Waals surface area contributed by atoms with Gasteiger partial charge in [-0.2, -0.15) is 0 Å². The lowest BCUT2D eigenvalue weighted by atomic mass is 10.1. The Morgan fingerprint density at radius 2 is 2.00 bits per heavy atom. The molecule has 0 unspecified atom stereocenters. The number of rotatable bonds is 4. The lowest BCUT2D eigenvalue weighted by Crippen LogP contribution is -2.26. The van der Waals surface area contributed by atoms with Crippen LogP contribution in [0.3, 0.4) is 0 Å². The maximum Gasteiger partial charge on any atom is 0.256 e. The van der Waals surface area contributed by atoms with Crippen LogP contribution < -0.4 is 10.6 Å². The molecule has 1 aliphatic heterocycles. The van der Waals surface area contributed by atoms with Crippen molar-refractivity contribution in [3.63, 3.8) is 0 Å². The van der Waals surface area contributed by atoms with Crippen LogP contribution in [0.15, 0.2) is 52.3 Å². The Morgan fingerprint density at radius 1 is 1.15 bits per heavy atom. The highest BCUT2D eigenvalue weighted by molar-refractivity contribution is 7.99. The van der Waals surface area contributed by atoms with Crippen molar-refractivity contribution in [2.75, 3.05) is 11.9 Å². The first-order valence-corrected chi connectivity index (χ1v) is 9.30. The lowest BCUT2D eigenvalue weighted by molar-refractivity contribution is 0.0952. The summed E-state index contributed by atoms with van der Waals surface area (Å²) in [6.07, 6.45) is 0.569. The second-order valence-electron chi connectivity index (χ2n) is 6.13. The molecule has 4 rings (SSSR count). The molecule has 0 radical (unpaired) electrons. The van der Waals surface area contributed by atoms with E-state index < -0.39 is 0 Å². The highest BCUT2D eigenvalue weighted by Crippen LogP contribution is 2.38. The summed E-state index contributed by atoms with van der Waals surface area (Å²) >= 11 is 1.51. The first-order chi connectivity index (χ1) is 13.1. The fourth-order valence-electron chi connectivity index (χ4n) is 2.81. The Balaban J connectivity index is 1.47. The number of nitrogens with zero attached hydrogens (tertiary/aromatic N) is 2. The normalized spacial score (nSPS) is 12.6. The third-order valence-corrected chi connectivity index (χ3v) is 5.29. The minimum absolute atomic E-state index is 0.171. The standard InChI is InChI=1S/C19H17N5O2S/c1-11-21-17(24-23-11)8-9-20-18(25)12-6-7-16-14(10-12)22-19(26)13-4-2-3-5-15(13)27-16/h2-7,10H,8-9H2,1H3,(H,20,25)(H,22,26)(H,21,23,24). The van der Waals surface area contributed by atoms with Crippen molar-refractivity contribution in [3.8, 4) is 0 Å². The average molecular weight is 379 g/mol. The van der Waals surface area contributed by atoms with Crippen LogP contribution in [-0.2, 0) is 6.42 Å². The maximum atomic E-state index is 12.4. The molecule has 27 heavy (non-hydrogen) atoms. The number of benzene rings is 2. The number of anilines is 1. The number of aryl methyl sites for hydroxylation is 1. The number of hydrogen-bond acceptors (Lipinski definition) is 5. The van der Waals surface area contributed by atoms with Gasteiger partial charge in [0.15, 0.2) is 0 Å². The van der Waals surface area contributed by atoms with E-state index in [1.165, 1.54) is 11.8 Å². The van der Waals surface area contributed by atoms with E-state index >= 15 is 0 Å². The summed E-state index contributed by atoms with van der Waals surface area (Å²) in [4.78, 5) is 29.7. The molecule has 0 atom stereocenters. The van der Waals surface area contributed by atoms with E-state index in [0.29, 0.717) is 29.8 Å². The summed E-state index contributed by atoms with van der Waals surface area (Å²) < 4.78 is 0. The Kier molecular flexibility index (Phi) is 4.64. The summed E-state index contributed by atoms with van der Waals surface area (Å²) in [5, 5.41) is 13.6. The van der Waals surface area contributed by atoms with Crippen molar-refractivity contribution >= 4 is 29.3 Å². The summed E-state index contributed by atoms with van der Waals surface area (Å²) in [5.74, 6) is 1.11. The topological polar surface area (TPSA) is 99.8 Å². The second kappa shape index (κ2) is 7.24. The van der Waals surface area contributed by atoms with Gasteiger partial charge < -0.3 is 15.6 Å². The molecule has 0 fully saturated rings. The van der Waals surface area contributed by atoms with E-state index in [0.717, 1.165) is 21.4 Å². The number of hydrogen-bond donors (Lipinski definition) is 3. The van der Waals surface area contributed by atoms with Gasteiger partial charge in [0.25, 0.3) is 11.8 Å². The number of H-pyrrole nitrogens is 1. The fourth-order valence-corrected chi connectivity index (χ4v) is 3.82. The number of fused-ring (bicyclic) bond motifs is 2. The smallest absolute Gasteiger partial charge is 0.256 e. The molecule has 0 bridgehead atoms. The molecule has 136 valence electrons. The molecule has 0 aliphatic carbocycles. The van der Waals surface area contributed by atoms with Gasteiger partial charge in [-0.1, -0.05) is 23.9 Å². The van der Waals surface area contributed by atoms with Crippen molar-refractivity contribution in [2.45, 2.75) is 23.1 Å². The van der Waals surface area contributed by atoms with Crippen LogP contribution in [0.25, 0.3) is 0 Å². The summed E-state index contributed by atoms with van der Waals surface area (Å²) in [5.41, 5.74) is 1.76. The van der Waals surface area contributed by atoms with Gasteiger partial charge in [0, 0.05) is 28.3 Å². The minimum atomic E-state index is -0.199. The van der Waals surface area contributed by atoms with Gasteiger partial charge in [-0.05, 0) is 37.3 Å². The predicted octanol–water partition coefficient (Wildman–Crippen LogP) is 2.80. The first-order valence-electron chi connectivity index (χ1n) is 8.49. The molecule has 0 saturated heterocycles. The van der Waals surface area contributed by atoms with Crippen LogP contribution in [0.5, 0.6) is 0 Å². The van der Waals surface area contributed by atoms with Gasteiger partial charge in [0.1, 0.15) is 11.6 Å². The van der Waals surface area contributed by atoms with E-state index in [1.807, 2.05) is 31.2 Å². The zero-order valence-corrected chi connectivity index (χ0v) is 15.4. The monoisotopic (exact) mass is 379 g/mol. The van der Waals surface area contributed by atoms with E-state index in [2.05, 4.69) is 25.8 Å². The van der Waals surface area contributed by atoms with Gasteiger partial charge >= 0.3 is 0 Å². The van der Waals surface area contributed by atoms with Gasteiger partial charge in [-0.15, -0.1) is 10.2 Å². The first kappa shape index (κ1) is 17.3. The number of carbonyl (C=O) groups excluding carboxylic acids is 2. The quantitative estimate of drug-likeness (QED) is 0.647. The van der Waals surface area contributed by atoms with E-state index in [-0.39, 0.29) is 11.8 Å². The molecule has 7 nitrogen and oxygen atoms in total. The molecule has 1 aromatic heterocycles. The van der Waals surface area contributed by atoms with Crippen LogP contribution in [0.2, 0.25) is 0 Å². The summed E-state index contributed by atoms with van der Waals surface area (Å²) in [6.45, 7) is 2.27. The van der Waals surface area contributed by atoms with Gasteiger partial charge in [-0.3, -0.25) is 9.59 Å². The Bertz CT molecular complexity index is 1030. The zero-order valence-electron chi connectivity index (χ0n) is 14.6. The molecule has 2 amide bonds. The number of nitrogens with one attached hydrogen (secondary N) is 3. The highest BCUT2D eigenvalue weighted by atomic mass is 32.2. The molecule has 2 heterocycles. The van der Waals surface area contributed by atoms with Crippen molar-refractivity contribution < 1.29 is 9.59 Å². The Hall–Kier alpha value is -3.13. The number of carbonyl (C=O) groups is 2. The van der Waals surface area contributed by atoms with E-state index in [9.17, 15) is 9.59 Å². The molecule has 0 spiro atoms. The van der Waals surface area contributed by atoms with Gasteiger partial charge in [0.05, 0.1) is 11.3 Å². The van der Waals surface area contributed by atoms with Crippen molar-refractivity contribution in [3.05, 3.63) is 65.2 Å².